The Morgan fingerprint density at radius 2 is 1.78 bits per heavy atom. The van der Waals surface area contributed by atoms with Gasteiger partial charge in [0.15, 0.2) is 0 Å². The van der Waals surface area contributed by atoms with Gasteiger partial charge in [-0.05, 0) is 36.4 Å². The number of benzene rings is 1. The lowest BCUT2D eigenvalue weighted by Gasteiger charge is -2.10. The molecule has 1 amide bonds. The molecule has 4 nitrogen and oxygen atoms in total. The molecule has 0 atom stereocenters. The Morgan fingerprint density at radius 3 is 2.39 bits per heavy atom. The van der Waals surface area contributed by atoms with Gasteiger partial charge in [-0.1, -0.05) is 0 Å². The number of carbonyl (C=O) groups excluding carboxylic acids is 1. The van der Waals surface area contributed by atoms with E-state index < -0.39 is 29.0 Å². The standard InChI is InChI=1S/C15H12F4N2O2/c16-10-3-5-11(6-4-10)20-13(22)7-9-21-8-1-2-12(14(21)23)15(17,18)19/h1-6,8H,7,9H2,(H,20,22). The van der Waals surface area contributed by atoms with Gasteiger partial charge in [-0.2, -0.15) is 13.2 Å². The topological polar surface area (TPSA) is 51.1 Å². The minimum Gasteiger partial charge on any atom is -0.326 e. The van der Waals surface area contributed by atoms with Gasteiger partial charge >= 0.3 is 6.18 Å². The molecule has 1 heterocycles. The van der Waals surface area contributed by atoms with Crippen molar-refractivity contribution in [2.45, 2.75) is 19.1 Å². The highest BCUT2D eigenvalue weighted by molar-refractivity contribution is 5.90. The fourth-order valence-electron chi connectivity index (χ4n) is 1.91. The highest BCUT2D eigenvalue weighted by Crippen LogP contribution is 2.25. The van der Waals surface area contributed by atoms with Crippen LogP contribution in [-0.2, 0) is 17.5 Å². The zero-order chi connectivity index (χ0) is 17.0. The van der Waals surface area contributed by atoms with Crippen LogP contribution in [0, 0.1) is 5.82 Å². The van der Waals surface area contributed by atoms with Crippen LogP contribution in [0.4, 0.5) is 23.2 Å². The van der Waals surface area contributed by atoms with Crippen molar-refractivity contribution in [1.82, 2.24) is 4.57 Å². The molecular weight excluding hydrogens is 316 g/mol. The molecule has 2 rings (SSSR count). The maximum Gasteiger partial charge on any atom is 0.421 e. The molecule has 1 N–H and O–H groups in total. The van der Waals surface area contributed by atoms with Crippen molar-refractivity contribution in [3.63, 3.8) is 0 Å². The molecular formula is C15H12F4N2O2. The average Bonchev–Trinajstić information content (AvgIpc) is 2.47. The number of aromatic nitrogens is 1. The Hall–Kier alpha value is -2.64. The van der Waals surface area contributed by atoms with Crippen LogP contribution in [0.5, 0.6) is 0 Å². The Labute approximate surface area is 128 Å². The number of rotatable bonds is 4. The lowest BCUT2D eigenvalue weighted by molar-refractivity contribution is -0.138. The van der Waals surface area contributed by atoms with Gasteiger partial charge in [-0.25, -0.2) is 4.39 Å². The first-order chi connectivity index (χ1) is 10.8. The van der Waals surface area contributed by atoms with Crippen molar-refractivity contribution in [3.05, 3.63) is 64.3 Å². The lowest BCUT2D eigenvalue weighted by Crippen LogP contribution is -2.29. The first-order valence-electron chi connectivity index (χ1n) is 6.59. The largest absolute Gasteiger partial charge is 0.421 e. The van der Waals surface area contributed by atoms with Crippen molar-refractivity contribution in [1.29, 1.82) is 0 Å². The summed E-state index contributed by atoms with van der Waals surface area (Å²) in [6.45, 7) is -0.199. The van der Waals surface area contributed by atoms with Crippen molar-refractivity contribution >= 4 is 11.6 Å². The number of aryl methyl sites for hydroxylation is 1. The highest BCUT2D eigenvalue weighted by atomic mass is 19.4. The number of amides is 1. The van der Waals surface area contributed by atoms with Gasteiger partial charge in [0.1, 0.15) is 11.4 Å². The molecule has 122 valence electrons. The number of nitrogens with zero attached hydrogens (tertiary/aromatic N) is 1. The summed E-state index contributed by atoms with van der Waals surface area (Å²) < 4.78 is 51.4. The lowest BCUT2D eigenvalue weighted by atomic mass is 10.2. The molecule has 0 radical (unpaired) electrons. The zero-order valence-corrected chi connectivity index (χ0v) is 11.7. The van der Waals surface area contributed by atoms with E-state index in [1.165, 1.54) is 18.3 Å². The van der Waals surface area contributed by atoms with Crippen molar-refractivity contribution in [3.8, 4) is 0 Å². The average molecular weight is 328 g/mol. The fraction of sp³-hybridized carbons (Fsp3) is 0.200. The third-order valence-corrected chi connectivity index (χ3v) is 3.03. The second-order valence-corrected chi connectivity index (χ2v) is 4.72. The third kappa shape index (κ3) is 4.41. The second-order valence-electron chi connectivity index (χ2n) is 4.72. The zero-order valence-electron chi connectivity index (χ0n) is 11.7. The van der Waals surface area contributed by atoms with E-state index in [4.69, 9.17) is 0 Å². The summed E-state index contributed by atoms with van der Waals surface area (Å²) in [6.07, 6.45) is -3.75. The van der Waals surface area contributed by atoms with Crippen LogP contribution in [0.15, 0.2) is 47.4 Å². The minimum absolute atomic E-state index is 0.196. The number of alkyl halides is 3. The summed E-state index contributed by atoms with van der Waals surface area (Å²) in [6, 6.07) is 6.81. The maximum atomic E-state index is 12.7. The minimum atomic E-state index is -4.74. The summed E-state index contributed by atoms with van der Waals surface area (Å²) in [7, 11) is 0. The summed E-state index contributed by atoms with van der Waals surface area (Å²) in [5.41, 5.74) is -2.12. The number of hydrogen-bond acceptors (Lipinski definition) is 2. The molecule has 23 heavy (non-hydrogen) atoms. The van der Waals surface area contributed by atoms with Crippen molar-refractivity contribution in [2.24, 2.45) is 0 Å². The molecule has 0 unspecified atom stereocenters. The Kier molecular flexibility index (Phi) is 4.83. The Bertz CT molecular complexity index is 751. The summed E-state index contributed by atoms with van der Waals surface area (Å²) in [5, 5.41) is 2.46. The van der Waals surface area contributed by atoms with E-state index >= 15 is 0 Å². The fourth-order valence-corrected chi connectivity index (χ4v) is 1.91. The van der Waals surface area contributed by atoms with Gasteiger partial charge in [0, 0.05) is 24.8 Å². The smallest absolute Gasteiger partial charge is 0.326 e. The first-order valence-corrected chi connectivity index (χ1v) is 6.59. The normalized spacial score (nSPS) is 11.3. The molecule has 2 aromatic rings. The highest BCUT2D eigenvalue weighted by Gasteiger charge is 2.34. The number of hydrogen-bond donors (Lipinski definition) is 1. The van der Waals surface area contributed by atoms with E-state index in [0.717, 1.165) is 22.8 Å². The van der Waals surface area contributed by atoms with Crippen LogP contribution >= 0.6 is 0 Å². The molecule has 1 aromatic heterocycles. The van der Waals surface area contributed by atoms with Crippen LogP contribution in [0.2, 0.25) is 0 Å². The monoisotopic (exact) mass is 328 g/mol. The van der Waals surface area contributed by atoms with Crippen LogP contribution in [0.1, 0.15) is 12.0 Å². The molecule has 8 heteroatoms. The second kappa shape index (κ2) is 6.64. The van der Waals surface area contributed by atoms with E-state index in [1.807, 2.05) is 0 Å². The van der Waals surface area contributed by atoms with Crippen LogP contribution in [0.25, 0.3) is 0 Å². The number of nitrogens with one attached hydrogen (secondary N) is 1. The predicted octanol–water partition coefficient (Wildman–Crippen LogP) is 3.04. The van der Waals surface area contributed by atoms with Crippen LogP contribution in [-0.4, -0.2) is 10.5 Å². The number of carbonyl (C=O) groups is 1. The van der Waals surface area contributed by atoms with E-state index in [2.05, 4.69) is 5.32 Å². The number of pyridine rings is 1. The van der Waals surface area contributed by atoms with Crippen molar-refractivity contribution in [2.75, 3.05) is 5.32 Å². The van der Waals surface area contributed by atoms with Gasteiger partial charge in [-0.3, -0.25) is 9.59 Å². The number of anilines is 1. The molecule has 0 aliphatic rings. The molecule has 0 aliphatic carbocycles. The number of halogens is 4. The Morgan fingerprint density at radius 1 is 1.13 bits per heavy atom. The first kappa shape index (κ1) is 16.7. The molecule has 0 saturated heterocycles. The van der Waals surface area contributed by atoms with Crippen LogP contribution in [0.3, 0.4) is 0 Å². The van der Waals surface area contributed by atoms with Crippen molar-refractivity contribution < 1.29 is 22.4 Å². The van der Waals surface area contributed by atoms with Crippen LogP contribution < -0.4 is 10.9 Å². The Balaban J connectivity index is 2.02. The summed E-state index contributed by atoms with van der Waals surface area (Å²) in [5.74, 6) is -0.959. The molecule has 0 saturated carbocycles. The predicted molar refractivity (Wildman–Crippen MR) is 75.4 cm³/mol. The van der Waals surface area contributed by atoms with E-state index in [1.54, 1.807) is 0 Å². The summed E-state index contributed by atoms with van der Waals surface area (Å²) >= 11 is 0. The SMILES string of the molecule is O=C(CCn1cccc(C(F)(F)F)c1=O)Nc1ccc(F)cc1. The summed E-state index contributed by atoms with van der Waals surface area (Å²) in [4.78, 5) is 23.4. The molecule has 0 fully saturated rings. The molecule has 0 spiro atoms. The molecule has 0 bridgehead atoms. The molecule has 1 aromatic carbocycles. The van der Waals surface area contributed by atoms with Gasteiger partial charge < -0.3 is 9.88 Å². The van der Waals surface area contributed by atoms with Gasteiger partial charge in [0.25, 0.3) is 5.56 Å². The quantitative estimate of drug-likeness (QED) is 0.877. The van der Waals surface area contributed by atoms with Gasteiger partial charge in [-0.15, -0.1) is 0 Å². The third-order valence-electron chi connectivity index (χ3n) is 3.03. The molecule has 0 aliphatic heterocycles. The van der Waals surface area contributed by atoms with E-state index in [-0.39, 0.29) is 13.0 Å². The van der Waals surface area contributed by atoms with E-state index in [9.17, 15) is 27.2 Å². The maximum absolute atomic E-state index is 12.7. The van der Waals surface area contributed by atoms with E-state index in [0.29, 0.717) is 11.8 Å². The van der Waals surface area contributed by atoms with Gasteiger partial charge in [0.05, 0.1) is 0 Å². The van der Waals surface area contributed by atoms with Gasteiger partial charge in [0.2, 0.25) is 5.91 Å².